The fraction of sp³-hybridized carbons (Fsp3) is 0.522. The first-order valence-corrected chi connectivity index (χ1v) is 11.5. The van der Waals surface area contributed by atoms with Crippen LogP contribution < -0.4 is 20.1 Å². The average Bonchev–Trinajstić information content (AvgIpc) is 3.24. The van der Waals surface area contributed by atoms with Gasteiger partial charge < -0.3 is 24.8 Å². The third-order valence-electron chi connectivity index (χ3n) is 5.42. The van der Waals surface area contributed by atoms with Gasteiger partial charge in [0.25, 0.3) is 0 Å². The molecule has 2 N–H and O–H groups in total. The van der Waals surface area contributed by atoms with E-state index in [2.05, 4.69) is 45.6 Å². The predicted molar refractivity (Wildman–Crippen MR) is 127 cm³/mol. The van der Waals surface area contributed by atoms with Gasteiger partial charge in [-0.15, -0.1) is 11.3 Å². The molecule has 0 amide bonds. The number of thiophene rings is 1. The zero-order valence-corrected chi connectivity index (χ0v) is 19.8. The van der Waals surface area contributed by atoms with E-state index >= 15 is 0 Å². The van der Waals surface area contributed by atoms with Crippen molar-refractivity contribution in [2.24, 2.45) is 4.99 Å². The number of aryl methyl sites for hydroxylation is 1. The molecule has 1 aromatic heterocycles. The number of rotatable bonds is 9. The maximum atomic E-state index is 5.55. The summed E-state index contributed by atoms with van der Waals surface area (Å²) in [5.41, 5.74) is 1.18. The second kappa shape index (κ2) is 11.9. The highest BCUT2D eigenvalue weighted by Crippen LogP contribution is 2.28. The van der Waals surface area contributed by atoms with Crippen LogP contribution in [0.3, 0.4) is 0 Å². The molecule has 1 aliphatic heterocycles. The number of ether oxygens (including phenoxy) is 3. The molecular weight excluding hydrogens is 412 g/mol. The van der Waals surface area contributed by atoms with Crippen LogP contribution in [0, 0.1) is 6.92 Å². The normalized spacial score (nSPS) is 16.1. The Morgan fingerprint density at radius 3 is 2.55 bits per heavy atom. The summed E-state index contributed by atoms with van der Waals surface area (Å²) >= 11 is 1.87. The number of nitrogens with one attached hydrogen (secondary N) is 2. The van der Waals surface area contributed by atoms with Gasteiger partial charge >= 0.3 is 0 Å². The number of nitrogens with zero attached hydrogens (tertiary/aromatic N) is 2. The van der Waals surface area contributed by atoms with Crippen molar-refractivity contribution >= 4 is 17.3 Å². The maximum absolute atomic E-state index is 5.55. The molecule has 0 saturated carbocycles. The Hall–Kier alpha value is -2.29. The standard InChI is InChI=1S/C23H34N4O3S/c1-17-5-8-22(31-17)19(27-11-13-30-14-12-27)16-26-23(24-2)25-10-9-18-6-7-20(28-3)21(15-18)29-4/h5-8,15,19H,9-14,16H2,1-4H3,(H2,24,25,26). The summed E-state index contributed by atoms with van der Waals surface area (Å²) in [6, 6.07) is 10.8. The van der Waals surface area contributed by atoms with E-state index in [0.717, 1.165) is 63.3 Å². The van der Waals surface area contributed by atoms with Crippen LogP contribution in [0.2, 0.25) is 0 Å². The fourth-order valence-corrected chi connectivity index (χ4v) is 4.72. The smallest absolute Gasteiger partial charge is 0.191 e. The molecule has 0 bridgehead atoms. The van der Waals surface area contributed by atoms with Crippen LogP contribution in [0.4, 0.5) is 0 Å². The summed E-state index contributed by atoms with van der Waals surface area (Å²) < 4.78 is 16.3. The Morgan fingerprint density at radius 1 is 1.13 bits per heavy atom. The monoisotopic (exact) mass is 446 g/mol. The van der Waals surface area contributed by atoms with Crippen molar-refractivity contribution in [1.29, 1.82) is 0 Å². The topological polar surface area (TPSA) is 67.4 Å². The zero-order valence-electron chi connectivity index (χ0n) is 18.9. The number of morpholine rings is 1. The minimum absolute atomic E-state index is 0.312. The van der Waals surface area contributed by atoms with Gasteiger partial charge in [-0.3, -0.25) is 9.89 Å². The third-order valence-corrected chi connectivity index (χ3v) is 6.52. The number of hydrogen-bond donors (Lipinski definition) is 2. The molecule has 2 aromatic rings. The van der Waals surface area contributed by atoms with E-state index < -0.39 is 0 Å². The number of guanidine groups is 1. The third kappa shape index (κ3) is 6.59. The Kier molecular flexibility index (Phi) is 8.99. The van der Waals surface area contributed by atoms with Gasteiger partial charge in [0, 0.05) is 43.0 Å². The summed E-state index contributed by atoms with van der Waals surface area (Å²) in [5.74, 6) is 2.31. The zero-order chi connectivity index (χ0) is 22.1. The lowest BCUT2D eigenvalue weighted by atomic mass is 10.1. The molecule has 2 heterocycles. The number of aliphatic imine (C=N–C) groups is 1. The highest BCUT2D eigenvalue weighted by Gasteiger charge is 2.24. The van der Waals surface area contributed by atoms with E-state index in [-0.39, 0.29) is 0 Å². The van der Waals surface area contributed by atoms with Crippen molar-refractivity contribution in [1.82, 2.24) is 15.5 Å². The van der Waals surface area contributed by atoms with Crippen LogP contribution in [0.1, 0.15) is 21.4 Å². The fourth-order valence-electron chi connectivity index (χ4n) is 3.71. The second-order valence-electron chi connectivity index (χ2n) is 7.43. The Balaban J connectivity index is 1.54. The summed E-state index contributed by atoms with van der Waals surface area (Å²) in [6.45, 7) is 7.22. The van der Waals surface area contributed by atoms with Gasteiger partial charge in [-0.05, 0) is 43.2 Å². The van der Waals surface area contributed by atoms with Gasteiger partial charge in [0.2, 0.25) is 0 Å². The Labute approximate surface area is 189 Å². The molecule has 8 heteroatoms. The molecule has 3 rings (SSSR count). The molecule has 1 atom stereocenters. The molecule has 1 aliphatic rings. The van der Waals surface area contributed by atoms with Gasteiger partial charge in [-0.1, -0.05) is 6.07 Å². The Bertz CT molecular complexity index is 849. The van der Waals surface area contributed by atoms with Crippen LogP contribution in [-0.2, 0) is 11.2 Å². The Morgan fingerprint density at radius 2 is 1.90 bits per heavy atom. The highest BCUT2D eigenvalue weighted by atomic mass is 32.1. The number of hydrogen-bond acceptors (Lipinski definition) is 6. The lowest BCUT2D eigenvalue weighted by molar-refractivity contribution is 0.0177. The van der Waals surface area contributed by atoms with E-state index in [1.54, 1.807) is 14.2 Å². The summed E-state index contributed by atoms with van der Waals surface area (Å²) in [5, 5.41) is 6.95. The van der Waals surface area contributed by atoms with Crippen LogP contribution in [-0.4, -0.2) is 71.5 Å². The minimum atomic E-state index is 0.312. The molecule has 7 nitrogen and oxygen atoms in total. The van der Waals surface area contributed by atoms with Crippen molar-refractivity contribution in [3.63, 3.8) is 0 Å². The molecule has 1 aromatic carbocycles. The van der Waals surface area contributed by atoms with E-state index in [4.69, 9.17) is 14.2 Å². The largest absolute Gasteiger partial charge is 0.493 e. The summed E-state index contributed by atoms with van der Waals surface area (Å²) in [4.78, 5) is 9.63. The lowest BCUT2D eigenvalue weighted by Crippen LogP contribution is -2.46. The molecule has 0 radical (unpaired) electrons. The molecule has 0 aliphatic carbocycles. The van der Waals surface area contributed by atoms with Crippen molar-refractivity contribution in [2.75, 3.05) is 60.7 Å². The SMILES string of the molecule is CN=C(NCCc1ccc(OC)c(OC)c1)NCC(c1ccc(C)s1)N1CCOCC1. The van der Waals surface area contributed by atoms with Crippen molar-refractivity contribution < 1.29 is 14.2 Å². The second-order valence-corrected chi connectivity index (χ2v) is 8.75. The lowest BCUT2D eigenvalue weighted by Gasteiger charge is -2.34. The van der Waals surface area contributed by atoms with E-state index in [9.17, 15) is 0 Å². The molecule has 31 heavy (non-hydrogen) atoms. The number of benzene rings is 1. The summed E-state index contributed by atoms with van der Waals surface area (Å²) in [7, 11) is 5.12. The maximum Gasteiger partial charge on any atom is 0.191 e. The average molecular weight is 447 g/mol. The van der Waals surface area contributed by atoms with Crippen LogP contribution in [0.5, 0.6) is 11.5 Å². The van der Waals surface area contributed by atoms with Gasteiger partial charge in [0.1, 0.15) is 0 Å². The molecule has 0 spiro atoms. The van der Waals surface area contributed by atoms with Gasteiger partial charge in [0.05, 0.1) is 33.5 Å². The first kappa shape index (κ1) is 23.4. The van der Waals surface area contributed by atoms with Gasteiger partial charge in [-0.25, -0.2) is 0 Å². The van der Waals surface area contributed by atoms with Gasteiger partial charge in [0.15, 0.2) is 17.5 Å². The quantitative estimate of drug-likeness (QED) is 0.456. The van der Waals surface area contributed by atoms with E-state index in [1.165, 1.54) is 15.3 Å². The first-order chi connectivity index (χ1) is 15.1. The minimum Gasteiger partial charge on any atom is -0.493 e. The molecule has 1 unspecified atom stereocenters. The predicted octanol–water partition coefficient (Wildman–Crippen LogP) is 2.85. The van der Waals surface area contributed by atoms with Crippen molar-refractivity contribution in [2.45, 2.75) is 19.4 Å². The van der Waals surface area contributed by atoms with Crippen molar-refractivity contribution in [3.05, 3.63) is 45.6 Å². The van der Waals surface area contributed by atoms with E-state index in [1.807, 2.05) is 30.5 Å². The van der Waals surface area contributed by atoms with Crippen LogP contribution >= 0.6 is 11.3 Å². The van der Waals surface area contributed by atoms with Gasteiger partial charge in [-0.2, -0.15) is 0 Å². The van der Waals surface area contributed by atoms with Crippen LogP contribution in [0.25, 0.3) is 0 Å². The summed E-state index contributed by atoms with van der Waals surface area (Å²) in [6.07, 6.45) is 0.859. The van der Waals surface area contributed by atoms with Crippen LogP contribution in [0.15, 0.2) is 35.3 Å². The highest BCUT2D eigenvalue weighted by molar-refractivity contribution is 7.12. The first-order valence-electron chi connectivity index (χ1n) is 10.7. The molecule has 170 valence electrons. The number of methoxy groups -OCH3 is 2. The molecular formula is C23H34N4O3S. The van der Waals surface area contributed by atoms with E-state index in [0.29, 0.717) is 6.04 Å². The molecule has 1 saturated heterocycles. The van der Waals surface area contributed by atoms with Crippen molar-refractivity contribution in [3.8, 4) is 11.5 Å². The molecule has 1 fully saturated rings.